The van der Waals surface area contributed by atoms with E-state index >= 15 is 0 Å². The van der Waals surface area contributed by atoms with Crippen LogP contribution >= 0.6 is 0 Å². The van der Waals surface area contributed by atoms with Gasteiger partial charge in [0.05, 0.1) is 0 Å². The molecule has 11 heavy (non-hydrogen) atoms. The average molecular weight is 228 g/mol. The third-order valence-electron chi connectivity index (χ3n) is 1.65. The van der Waals surface area contributed by atoms with Crippen molar-refractivity contribution in [2.24, 2.45) is 5.73 Å². The van der Waals surface area contributed by atoms with Crippen molar-refractivity contribution < 1.29 is 27.4 Å². The summed E-state index contributed by atoms with van der Waals surface area (Å²) in [5.74, 6) is 0. The summed E-state index contributed by atoms with van der Waals surface area (Å²) >= 11 is -3.40. The Morgan fingerprint density at radius 1 is 1.18 bits per heavy atom. The molecule has 0 aromatic carbocycles. The Morgan fingerprint density at radius 2 is 1.55 bits per heavy atom. The van der Waals surface area contributed by atoms with E-state index in [9.17, 15) is 0 Å². The molecule has 0 amide bonds. The van der Waals surface area contributed by atoms with Crippen molar-refractivity contribution in [1.82, 2.24) is 0 Å². The molecule has 0 radical (unpaired) electrons. The number of nitrogens with two attached hydrogens (primary N) is 1. The summed E-state index contributed by atoms with van der Waals surface area (Å²) in [4.78, 5) is 0. The van der Waals surface area contributed by atoms with E-state index in [4.69, 9.17) is 18.3 Å². The summed E-state index contributed by atoms with van der Waals surface area (Å²) in [6.07, 6.45) is 6.66. The van der Waals surface area contributed by atoms with Crippen LogP contribution in [-0.2, 0) is 0 Å². The van der Waals surface area contributed by atoms with Gasteiger partial charge in [-0.3, -0.25) is 0 Å². The topological polar surface area (TPSA) is 92.4 Å². The minimum Gasteiger partial charge on any atom is -0.372 e. The smallest absolute Gasteiger partial charge is 0.372 e. The zero-order valence-electron chi connectivity index (χ0n) is 6.33. The molecule has 0 heterocycles. The molecule has 1 aliphatic rings. The van der Waals surface area contributed by atoms with Gasteiger partial charge in [-0.15, -0.1) is 0 Å². The Balaban J connectivity index is 0.000000218. The van der Waals surface area contributed by atoms with Crippen LogP contribution in [-0.4, -0.2) is 10.2 Å². The fourth-order valence-corrected chi connectivity index (χ4v) is 1.13. The van der Waals surface area contributed by atoms with Crippen LogP contribution in [0.5, 0.6) is 0 Å². The molecule has 1 rings (SSSR count). The molecule has 1 saturated carbocycles. The highest BCUT2D eigenvalue weighted by Gasteiger charge is 2.06. The summed E-state index contributed by atoms with van der Waals surface area (Å²) in [7, 11) is 0. The van der Waals surface area contributed by atoms with Crippen LogP contribution in [0.4, 0.5) is 0 Å². The van der Waals surface area contributed by atoms with Crippen LogP contribution in [0.2, 0.25) is 0 Å². The molecule has 0 aromatic rings. The molecule has 0 saturated heterocycles. The van der Waals surface area contributed by atoms with Crippen molar-refractivity contribution in [3.63, 3.8) is 0 Å². The van der Waals surface area contributed by atoms with Crippen molar-refractivity contribution in [1.29, 1.82) is 0 Å². The number of hydrogen-bond acceptors (Lipinski definition) is 4. The van der Waals surface area contributed by atoms with Gasteiger partial charge in [0, 0.05) is 6.04 Å². The van der Waals surface area contributed by atoms with E-state index in [1.807, 2.05) is 0 Å². The standard InChI is InChI=1S/C6H13N.BrHO3/c7-6-4-2-1-3-5-6;2-1(3)4/h6H,1-5,7H2;2H. The van der Waals surface area contributed by atoms with E-state index in [0.717, 1.165) is 0 Å². The van der Waals surface area contributed by atoms with E-state index in [2.05, 4.69) is 0 Å². The lowest BCUT2D eigenvalue weighted by molar-refractivity contribution is -1.63. The molecular weight excluding hydrogens is 214 g/mol. The van der Waals surface area contributed by atoms with E-state index in [1.54, 1.807) is 0 Å². The summed E-state index contributed by atoms with van der Waals surface area (Å²) in [5.41, 5.74) is 5.63. The monoisotopic (exact) mass is 227 g/mol. The minimum absolute atomic E-state index is 0.536. The number of rotatable bonds is 0. The molecule has 0 aromatic heterocycles. The lowest BCUT2D eigenvalue weighted by atomic mass is 9.97. The van der Waals surface area contributed by atoms with Gasteiger partial charge < -0.3 is 14.1 Å². The summed E-state index contributed by atoms with van der Waals surface area (Å²) in [6.45, 7) is 0. The van der Waals surface area contributed by atoms with Crippen LogP contribution in [0.3, 0.4) is 0 Å². The summed E-state index contributed by atoms with van der Waals surface area (Å²) in [6, 6.07) is 0.536. The highest BCUT2D eigenvalue weighted by Crippen LogP contribution is 2.14. The molecule has 1 fully saturated rings. The van der Waals surface area contributed by atoms with E-state index in [0.29, 0.717) is 6.04 Å². The quantitative estimate of drug-likeness (QED) is 0.519. The molecule has 0 spiro atoms. The predicted molar refractivity (Wildman–Crippen MR) is 33.3 cm³/mol. The third-order valence-corrected chi connectivity index (χ3v) is 1.65. The van der Waals surface area contributed by atoms with Gasteiger partial charge in [0.1, 0.15) is 0 Å². The zero-order valence-corrected chi connectivity index (χ0v) is 7.92. The van der Waals surface area contributed by atoms with Gasteiger partial charge in [0.15, 0.2) is 0 Å². The molecule has 68 valence electrons. The lowest BCUT2D eigenvalue weighted by Gasteiger charge is -2.15. The molecule has 0 aliphatic heterocycles. The maximum atomic E-state index is 8.63. The number of hydrogen-bond donors (Lipinski definition) is 2. The molecule has 1 aliphatic carbocycles. The first-order chi connectivity index (χ1) is 5.13. The molecule has 4 nitrogen and oxygen atoms in total. The van der Waals surface area contributed by atoms with E-state index in [-0.39, 0.29) is 0 Å². The van der Waals surface area contributed by atoms with Crippen molar-refractivity contribution >= 4 is 0 Å². The Morgan fingerprint density at radius 3 is 1.73 bits per heavy atom. The highest BCUT2D eigenvalue weighted by atomic mass is 80.0. The van der Waals surface area contributed by atoms with Crippen LogP contribution in [0, 0.1) is 14.8 Å². The van der Waals surface area contributed by atoms with Gasteiger partial charge in [-0.1, -0.05) is 19.3 Å². The molecule has 5 heteroatoms. The van der Waals surface area contributed by atoms with Crippen molar-refractivity contribution in [2.45, 2.75) is 38.1 Å². The first-order valence-electron chi connectivity index (χ1n) is 3.63. The van der Waals surface area contributed by atoms with Crippen LogP contribution in [0.1, 0.15) is 32.1 Å². The van der Waals surface area contributed by atoms with Gasteiger partial charge in [0.25, 0.3) is 0 Å². The van der Waals surface area contributed by atoms with Crippen LogP contribution in [0.25, 0.3) is 0 Å². The highest BCUT2D eigenvalue weighted by molar-refractivity contribution is 4.66. The Bertz CT molecular complexity index is 83.1. The fourth-order valence-electron chi connectivity index (χ4n) is 1.13. The maximum absolute atomic E-state index is 8.63. The minimum atomic E-state index is -3.40. The normalized spacial score (nSPS) is 19.4. The molecular formula is C6H14BrNO3. The van der Waals surface area contributed by atoms with Gasteiger partial charge >= 0.3 is 14.8 Å². The Labute approximate surface area is 71.8 Å². The first-order valence-corrected chi connectivity index (χ1v) is 5.63. The third kappa shape index (κ3) is 10.3. The largest absolute Gasteiger partial charge is 0.433 e. The second-order valence-electron chi connectivity index (χ2n) is 2.60. The molecule has 3 N–H and O–H groups in total. The second kappa shape index (κ2) is 7.00. The van der Waals surface area contributed by atoms with E-state index < -0.39 is 14.8 Å². The maximum Gasteiger partial charge on any atom is 0.433 e. The van der Waals surface area contributed by atoms with E-state index in [1.165, 1.54) is 32.1 Å². The SMILES string of the molecule is NC1CCCCC1.[O-][Br+2]([O-])O. The van der Waals surface area contributed by atoms with Gasteiger partial charge in [-0.05, 0) is 17.0 Å². The Kier molecular flexibility index (Phi) is 7.20. The fraction of sp³-hybridized carbons (Fsp3) is 1.00. The molecule has 0 atom stereocenters. The Hall–Kier alpha value is 0.320. The zero-order chi connectivity index (χ0) is 8.69. The predicted octanol–water partition coefficient (Wildman–Crippen LogP) is -1.66. The lowest BCUT2D eigenvalue weighted by Crippen LogP contribution is -2.30. The summed E-state index contributed by atoms with van der Waals surface area (Å²) < 4.78 is 24.3. The second-order valence-corrected chi connectivity index (χ2v) is 3.44. The van der Waals surface area contributed by atoms with Crippen molar-refractivity contribution in [3.8, 4) is 0 Å². The van der Waals surface area contributed by atoms with Gasteiger partial charge in [-0.25, -0.2) is 0 Å². The van der Waals surface area contributed by atoms with Crippen LogP contribution in [0.15, 0.2) is 0 Å². The van der Waals surface area contributed by atoms with Crippen LogP contribution < -0.4 is 14.1 Å². The first kappa shape index (κ1) is 11.3. The van der Waals surface area contributed by atoms with Crippen molar-refractivity contribution in [2.75, 3.05) is 0 Å². The average Bonchev–Trinajstić information content (AvgIpc) is 1.87. The van der Waals surface area contributed by atoms with Crippen molar-refractivity contribution in [3.05, 3.63) is 0 Å². The molecule has 0 bridgehead atoms. The van der Waals surface area contributed by atoms with Gasteiger partial charge in [-0.2, -0.15) is 0 Å². The van der Waals surface area contributed by atoms with Gasteiger partial charge in [0.2, 0.25) is 0 Å². The summed E-state index contributed by atoms with van der Waals surface area (Å²) in [5, 5.41) is 0. The molecule has 0 unspecified atom stereocenters. The number of halogens is 1.